The molecule has 0 N–H and O–H groups in total. The van der Waals surface area contributed by atoms with Crippen molar-refractivity contribution in [1.82, 2.24) is 19.5 Å². The van der Waals surface area contributed by atoms with Crippen LogP contribution in [-0.4, -0.2) is 19.5 Å². The van der Waals surface area contributed by atoms with E-state index in [4.69, 9.17) is 0 Å². The predicted octanol–water partition coefficient (Wildman–Crippen LogP) is 1.93. The van der Waals surface area contributed by atoms with E-state index in [2.05, 4.69) is 15.0 Å². The van der Waals surface area contributed by atoms with Gasteiger partial charge in [-0.25, -0.2) is 14.8 Å². The first kappa shape index (κ1) is 11.0. The molecule has 0 spiro atoms. The lowest BCUT2D eigenvalue weighted by molar-refractivity contribution is 0.723. The number of aryl methyl sites for hydroxylation is 1. The summed E-state index contributed by atoms with van der Waals surface area (Å²) in [6, 6.07) is 3.75. The molecule has 0 aliphatic rings. The first-order valence-electron chi connectivity index (χ1n) is 5.56. The summed E-state index contributed by atoms with van der Waals surface area (Å²) in [4.78, 5) is 24.6. The van der Waals surface area contributed by atoms with Crippen molar-refractivity contribution in [2.75, 3.05) is 0 Å². The van der Waals surface area contributed by atoms with E-state index in [-0.39, 0.29) is 5.69 Å². The summed E-state index contributed by atoms with van der Waals surface area (Å²) < 4.78 is 1.56. The number of nitrogens with zero attached hydrogens (tertiary/aromatic N) is 4. The standard InChI is InChI=1S/C12H10N4OS/c1-2-16-10-8(4-3-5-13-10)9(15-12(16)17)11-14-6-7-18-11/h3-7H,2H2,1H3. The van der Waals surface area contributed by atoms with Crippen molar-refractivity contribution in [2.24, 2.45) is 0 Å². The van der Waals surface area contributed by atoms with Crippen molar-refractivity contribution in [3.8, 4) is 10.7 Å². The molecule has 3 aromatic heterocycles. The summed E-state index contributed by atoms with van der Waals surface area (Å²) in [5.41, 5.74) is 0.988. The van der Waals surface area contributed by atoms with Gasteiger partial charge in [0.25, 0.3) is 0 Å². The van der Waals surface area contributed by atoms with Crippen LogP contribution in [0.4, 0.5) is 0 Å². The lowest BCUT2D eigenvalue weighted by Gasteiger charge is -2.08. The zero-order chi connectivity index (χ0) is 12.5. The molecule has 0 aliphatic heterocycles. The Balaban J connectivity index is 2.44. The van der Waals surface area contributed by atoms with Gasteiger partial charge in [0.1, 0.15) is 16.3 Å². The van der Waals surface area contributed by atoms with Gasteiger partial charge in [0.15, 0.2) is 0 Å². The molecule has 0 saturated heterocycles. The third-order valence-corrected chi connectivity index (χ3v) is 3.47. The highest BCUT2D eigenvalue weighted by atomic mass is 32.1. The van der Waals surface area contributed by atoms with E-state index in [9.17, 15) is 4.79 Å². The Morgan fingerprint density at radius 3 is 2.94 bits per heavy atom. The van der Waals surface area contributed by atoms with Gasteiger partial charge in [-0.3, -0.25) is 4.57 Å². The molecule has 0 radical (unpaired) electrons. The normalized spacial score (nSPS) is 10.9. The summed E-state index contributed by atoms with van der Waals surface area (Å²) >= 11 is 1.46. The van der Waals surface area contributed by atoms with Gasteiger partial charge in [0, 0.05) is 29.7 Å². The Morgan fingerprint density at radius 1 is 1.33 bits per heavy atom. The van der Waals surface area contributed by atoms with Gasteiger partial charge in [-0.2, -0.15) is 4.98 Å². The zero-order valence-electron chi connectivity index (χ0n) is 9.70. The number of hydrogen-bond acceptors (Lipinski definition) is 5. The van der Waals surface area contributed by atoms with Gasteiger partial charge in [-0.1, -0.05) is 0 Å². The van der Waals surface area contributed by atoms with E-state index < -0.39 is 0 Å². The number of thiazole rings is 1. The highest BCUT2D eigenvalue weighted by molar-refractivity contribution is 7.13. The van der Waals surface area contributed by atoms with Crippen LogP contribution in [0.2, 0.25) is 0 Å². The summed E-state index contributed by atoms with van der Waals surface area (Å²) in [6.07, 6.45) is 3.38. The smallest absolute Gasteiger partial charge is 0.276 e. The van der Waals surface area contributed by atoms with Crippen LogP contribution < -0.4 is 5.69 Å². The lowest BCUT2D eigenvalue weighted by Crippen LogP contribution is -2.23. The number of aromatic nitrogens is 4. The summed E-state index contributed by atoms with van der Waals surface area (Å²) in [7, 11) is 0. The SMILES string of the molecule is CCn1c(=O)nc(-c2nccs2)c2cccnc21. The average Bonchev–Trinajstić information content (AvgIpc) is 2.91. The van der Waals surface area contributed by atoms with Crippen LogP contribution in [-0.2, 0) is 6.54 Å². The molecule has 0 fully saturated rings. The second-order valence-electron chi connectivity index (χ2n) is 3.70. The molecule has 90 valence electrons. The molecule has 18 heavy (non-hydrogen) atoms. The topological polar surface area (TPSA) is 60.7 Å². The second-order valence-corrected chi connectivity index (χ2v) is 4.59. The van der Waals surface area contributed by atoms with Gasteiger partial charge in [-0.15, -0.1) is 11.3 Å². The summed E-state index contributed by atoms with van der Waals surface area (Å²) in [5.74, 6) is 0. The first-order valence-corrected chi connectivity index (χ1v) is 6.44. The van der Waals surface area contributed by atoms with Gasteiger partial charge in [0.2, 0.25) is 0 Å². The summed E-state index contributed by atoms with van der Waals surface area (Å²) in [5, 5.41) is 3.46. The molecule has 0 amide bonds. The Morgan fingerprint density at radius 2 is 2.22 bits per heavy atom. The lowest BCUT2D eigenvalue weighted by atomic mass is 10.2. The fourth-order valence-electron chi connectivity index (χ4n) is 1.89. The molecule has 0 aliphatic carbocycles. The molecule has 5 nitrogen and oxygen atoms in total. The van der Waals surface area contributed by atoms with Crippen LogP contribution in [0.25, 0.3) is 21.7 Å². The first-order chi connectivity index (χ1) is 8.81. The molecule has 3 rings (SSSR count). The van der Waals surface area contributed by atoms with Gasteiger partial charge < -0.3 is 0 Å². The van der Waals surface area contributed by atoms with Crippen LogP contribution in [0.1, 0.15) is 6.92 Å². The molecule has 0 unspecified atom stereocenters. The summed E-state index contributed by atoms with van der Waals surface area (Å²) in [6.45, 7) is 2.46. The quantitative estimate of drug-likeness (QED) is 0.704. The van der Waals surface area contributed by atoms with Crippen molar-refractivity contribution in [3.63, 3.8) is 0 Å². The molecular weight excluding hydrogens is 248 g/mol. The number of rotatable bonds is 2. The van der Waals surface area contributed by atoms with E-state index in [1.165, 1.54) is 11.3 Å². The van der Waals surface area contributed by atoms with Gasteiger partial charge in [-0.05, 0) is 19.1 Å². The molecule has 3 heterocycles. The maximum Gasteiger partial charge on any atom is 0.349 e. The minimum absolute atomic E-state index is 0.283. The predicted molar refractivity (Wildman–Crippen MR) is 70.6 cm³/mol. The van der Waals surface area contributed by atoms with Crippen molar-refractivity contribution in [3.05, 3.63) is 40.4 Å². The van der Waals surface area contributed by atoms with Crippen molar-refractivity contribution < 1.29 is 0 Å². The number of fused-ring (bicyclic) bond motifs is 1. The molecular formula is C12H10N4OS. The molecule has 0 bridgehead atoms. The van der Waals surface area contributed by atoms with Crippen LogP contribution in [0, 0.1) is 0 Å². The molecule has 0 aromatic carbocycles. The second kappa shape index (κ2) is 4.30. The van der Waals surface area contributed by atoms with Crippen molar-refractivity contribution >= 4 is 22.4 Å². The van der Waals surface area contributed by atoms with Crippen LogP contribution in [0.5, 0.6) is 0 Å². The van der Waals surface area contributed by atoms with Crippen LogP contribution >= 0.6 is 11.3 Å². The number of hydrogen-bond donors (Lipinski definition) is 0. The molecule has 0 saturated carbocycles. The Hall–Kier alpha value is -2.08. The van der Waals surface area contributed by atoms with Gasteiger partial charge >= 0.3 is 5.69 Å². The Kier molecular flexibility index (Phi) is 2.64. The van der Waals surface area contributed by atoms with Crippen molar-refractivity contribution in [1.29, 1.82) is 0 Å². The van der Waals surface area contributed by atoms with E-state index in [1.807, 2.05) is 24.4 Å². The number of pyridine rings is 1. The monoisotopic (exact) mass is 258 g/mol. The van der Waals surface area contributed by atoms with E-state index in [0.717, 1.165) is 10.4 Å². The highest BCUT2D eigenvalue weighted by Gasteiger charge is 2.13. The Labute approximate surface area is 107 Å². The van der Waals surface area contributed by atoms with E-state index in [0.29, 0.717) is 17.9 Å². The fourth-order valence-corrected chi connectivity index (χ4v) is 2.53. The third kappa shape index (κ3) is 1.62. The molecule has 3 aromatic rings. The molecule has 0 atom stereocenters. The van der Waals surface area contributed by atoms with Crippen LogP contribution in [0.15, 0.2) is 34.7 Å². The molecule has 6 heteroatoms. The average molecular weight is 258 g/mol. The Bertz CT molecular complexity index is 748. The maximum absolute atomic E-state index is 12.0. The fraction of sp³-hybridized carbons (Fsp3) is 0.167. The third-order valence-electron chi connectivity index (χ3n) is 2.69. The zero-order valence-corrected chi connectivity index (χ0v) is 10.5. The van der Waals surface area contributed by atoms with E-state index >= 15 is 0 Å². The maximum atomic E-state index is 12.0. The largest absolute Gasteiger partial charge is 0.349 e. The van der Waals surface area contributed by atoms with E-state index in [1.54, 1.807) is 17.0 Å². The van der Waals surface area contributed by atoms with Crippen LogP contribution in [0.3, 0.4) is 0 Å². The minimum Gasteiger partial charge on any atom is -0.276 e. The van der Waals surface area contributed by atoms with Gasteiger partial charge in [0.05, 0.1) is 0 Å². The van der Waals surface area contributed by atoms with Crippen molar-refractivity contribution in [2.45, 2.75) is 13.5 Å². The highest BCUT2D eigenvalue weighted by Crippen LogP contribution is 2.25. The minimum atomic E-state index is -0.283.